The van der Waals surface area contributed by atoms with Crippen molar-refractivity contribution in [1.82, 2.24) is 13.9 Å². The molecule has 0 radical (unpaired) electrons. The second kappa shape index (κ2) is 3.32. The minimum atomic E-state index is -0.182. The topological polar surface area (TPSA) is 48.9 Å². The molecule has 1 aliphatic heterocycles. The van der Waals surface area contributed by atoms with Crippen LogP contribution in [0.4, 0.5) is 0 Å². The van der Waals surface area contributed by atoms with Gasteiger partial charge >= 0.3 is 11.4 Å². The number of allylic oxidation sites excluding steroid dienone is 2. The first-order valence-corrected chi connectivity index (χ1v) is 7.16. The number of nitrogens with zero attached hydrogens (tertiary/aromatic N) is 3. The molecule has 4 atom stereocenters. The molecule has 2 aliphatic carbocycles. The van der Waals surface area contributed by atoms with Gasteiger partial charge < -0.3 is 0 Å². The normalized spacial score (nSPS) is 35.7. The van der Waals surface area contributed by atoms with E-state index >= 15 is 0 Å². The van der Waals surface area contributed by atoms with Gasteiger partial charge in [0.15, 0.2) is 0 Å². The number of hydrogen-bond acceptors (Lipinski definition) is 2. The van der Waals surface area contributed by atoms with E-state index in [1.54, 1.807) is 16.4 Å². The summed E-state index contributed by atoms with van der Waals surface area (Å²) >= 11 is 0. The van der Waals surface area contributed by atoms with Crippen molar-refractivity contribution in [3.05, 3.63) is 32.1 Å². The molecule has 4 rings (SSSR count). The van der Waals surface area contributed by atoms with Gasteiger partial charge in [0.2, 0.25) is 0 Å². The minimum Gasteiger partial charge on any atom is -0.246 e. The lowest BCUT2D eigenvalue weighted by Gasteiger charge is -2.35. The molecule has 0 amide bonds. The molecule has 0 spiro atoms. The Balaban J connectivity index is 2.03. The number of hydrogen-bond donors (Lipinski definition) is 0. The van der Waals surface area contributed by atoms with Crippen molar-refractivity contribution in [2.24, 2.45) is 18.9 Å². The quantitative estimate of drug-likeness (QED) is 0.659. The van der Waals surface area contributed by atoms with Crippen molar-refractivity contribution in [1.29, 1.82) is 0 Å². The Labute approximate surface area is 111 Å². The first-order valence-electron chi connectivity index (χ1n) is 7.16. The highest BCUT2D eigenvalue weighted by Gasteiger charge is 2.47. The molecule has 1 aromatic rings. The van der Waals surface area contributed by atoms with Gasteiger partial charge in [-0.1, -0.05) is 0 Å². The summed E-state index contributed by atoms with van der Waals surface area (Å²) in [6, 6.07) is 0.0887. The zero-order valence-electron chi connectivity index (χ0n) is 11.6. The molecule has 2 heterocycles. The second-order valence-electron chi connectivity index (χ2n) is 6.28. The summed E-state index contributed by atoms with van der Waals surface area (Å²) in [7, 11) is 1.57. The molecule has 3 aliphatic rings. The van der Waals surface area contributed by atoms with Crippen LogP contribution in [0.25, 0.3) is 0 Å². The van der Waals surface area contributed by atoms with E-state index in [9.17, 15) is 9.59 Å². The van der Waals surface area contributed by atoms with E-state index in [0.717, 1.165) is 0 Å². The largest absolute Gasteiger partial charge is 0.347 e. The molecule has 102 valence electrons. The average Bonchev–Trinajstić information content (AvgIpc) is 3.05. The standard InChI is InChI=1S/C14H19N3O2/c1-7-11-9-4-5-10(6-9)12(11)8(2)17-14(19)15(3)13(18)16(7)17/h7-10H,4-6H2,1-3H3/t7-,8-,9+,10+/m0/s1. The van der Waals surface area contributed by atoms with Gasteiger partial charge in [-0.05, 0) is 56.1 Å². The van der Waals surface area contributed by atoms with E-state index in [2.05, 4.69) is 13.8 Å². The zero-order chi connectivity index (χ0) is 13.5. The van der Waals surface area contributed by atoms with Crippen molar-refractivity contribution in [2.75, 3.05) is 0 Å². The Morgan fingerprint density at radius 1 is 0.895 bits per heavy atom. The molecule has 0 saturated heterocycles. The molecule has 1 fully saturated rings. The van der Waals surface area contributed by atoms with Crippen LogP contribution < -0.4 is 11.4 Å². The third-order valence-corrected chi connectivity index (χ3v) is 5.48. The van der Waals surface area contributed by atoms with Gasteiger partial charge in [-0.2, -0.15) is 0 Å². The second-order valence-corrected chi connectivity index (χ2v) is 6.28. The van der Waals surface area contributed by atoms with Crippen LogP contribution in [0.5, 0.6) is 0 Å². The van der Waals surface area contributed by atoms with E-state index in [-0.39, 0.29) is 23.5 Å². The molecule has 5 heteroatoms. The highest BCUT2D eigenvalue weighted by molar-refractivity contribution is 5.36. The summed E-state index contributed by atoms with van der Waals surface area (Å²) in [5, 5.41) is 0. The zero-order valence-corrected chi connectivity index (χ0v) is 11.6. The van der Waals surface area contributed by atoms with Crippen LogP contribution in [0.1, 0.15) is 45.2 Å². The molecular weight excluding hydrogens is 242 g/mol. The summed E-state index contributed by atoms with van der Waals surface area (Å²) in [6.45, 7) is 4.14. The fraction of sp³-hybridized carbons (Fsp3) is 0.714. The Morgan fingerprint density at radius 3 is 1.74 bits per heavy atom. The van der Waals surface area contributed by atoms with Gasteiger partial charge in [0, 0.05) is 7.05 Å². The average molecular weight is 261 g/mol. The van der Waals surface area contributed by atoms with Crippen LogP contribution in [0.3, 0.4) is 0 Å². The van der Waals surface area contributed by atoms with Gasteiger partial charge in [0.25, 0.3) is 0 Å². The third kappa shape index (κ3) is 1.12. The van der Waals surface area contributed by atoms with Crippen LogP contribution in [0.2, 0.25) is 0 Å². The summed E-state index contributed by atoms with van der Waals surface area (Å²) in [6.07, 6.45) is 3.75. The number of aromatic nitrogens is 3. The monoisotopic (exact) mass is 261 g/mol. The predicted octanol–water partition coefficient (Wildman–Crippen LogP) is 1.21. The summed E-state index contributed by atoms with van der Waals surface area (Å²) in [5.41, 5.74) is 2.55. The van der Waals surface area contributed by atoms with Crippen molar-refractivity contribution in [3.8, 4) is 0 Å². The Bertz CT molecular complexity index is 661. The summed E-state index contributed by atoms with van der Waals surface area (Å²) < 4.78 is 4.58. The van der Waals surface area contributed by atoms with E-state index in [1.807, 2.05) is 0 Å². The lowest BCUT2D eigenvalue weighted by atomic mass is 9.83. The van der Waals surface area contributed by atoms with E-state index in [0.29, 0.717) is 11.8 Å². The first-order chi connectivity index (χ1) is 9.02. The maximum absolute atomic E-state index is 12.3. The van der Waals surface area contributed by atoms with Gasteiger partial charge in [-0.25, -0.2) is 23.5 Å². The minimum absolute atomic E-state index is 0.0444. The van der Waals surface area contributed by atoms with Crippen LogP contribution in [-0.2, 0) is 7.05 Å². The van der Waals surface area contributed by atoms with Crippen LogP contribution in [0.15, 0.2) is 20.7 Å². The number of fused-ring (bicyclic) bond motifs is 5. The highest BCUT2D eigenvalue weighted by atomic mass is 16.2. The molecule has 5 nitrogen and oxygen atoms in total. The van der Waals surface area contributed by atoms with Gasteiger partial charge in [0.1, 0.15) is 0 Å². The summed E-state index contributed by atoms with van der Waals surface area (Å²) in [4.78, 5) is 24.5. The third-order valence-electron chi connectivity index (χ3n) is 5.48. The van der Waals surface area contributed by atoms with Gasteiger partial charge in [-0.3, -0.25) is 0 Å². The number of rotatable bonds is 0. The highest BCUT2D eigenvalue weighted by Crippen LogP contribution is 2.56. The van der Waals surface area contributed by atoms with Crippen LogP contribution in [-0.4, -0.2) is 13.9 Å². The van der Waals surface area contributed by atoms with E-state index in [1.165, 1.54) is 35.0 Å². The van der Waals surface area contributed by atoms with Crippen molar-refractivity contribution >= 4 is 0 Å². The van der Waals surface area contributed by atoms with Crippen molar-refractivity contribution in [2.45, 2.75) is 45.2 Å². The Hall–Kier alpha value is -1.52. The predicted molar refractivity (Wildman–Crippen MR) is 71.2 cm³/mol. The van der Waals surface area contributed by atoms with Crippen LogP contribution in [0, 0.1) is 11.8 Å². The maximum Gasteiger partial charge on any atom is 0.347 e. The van der Waals surface area contributed by atoms with Crippen molar-refractivity contribution in [3.63, 3.8) is 0 Å². The smallest absolute Gasteiger partial charge is 0.246 e. The molecule has 1 saturated carbocycles. The Kier molecular flexibility index (Phi) is 1.98. The van der Waals surface area contributed by atoms with E-state index in [4.69, 9.17) is 0 Å². The van der Waals surface area contributed by atoms with Crippen molar-refractivity contribution < 1.29 is 0 Å². The summed E-state index contributed by atoms with van der Waals surface area (Å²) in [5.74, 6) is 1.29. The molecule has 2 bridgehead atoms. The van der Waals surface area contributed by atoms with Gasteiger partial charge in [-0.15, -0.1) is 0 Å². The molecule has 1 aromatic heterocycles. The molecule has 19 heavy (non-hydrogen) atoms. The lowest BCUT2D eigenvalue weighted by molar-refractivity contribution is 0.317. The maximum atomic E-state index is 12.3. The fourth-order valence-corrected chi connectivity index (χ4v) is 4.72. The molecular formula is C14H19N3O2. The van der Waals surface area contributed by atoms with Crippen LogP contribution >= 0.6 is 0 Å². The van der Waals surface area contributed by atoms with Gasteiger partial charge in [0.05, 0.1) is 12.1 Å². The molecule has 0 N–H and O–H groups in total. The first kappa shape index (κ1) is 11.3. The Morgan fingerprint density at radius 2 is 1.32 bits per heavy atom. The lowest BCUT2D eigenvalue weighted by Crippen LogP contribution is -2.38. The van der Waals surface area contributed by atoms with E-state index < -0.39 is 0 Å². The molecule has 0 unspecified atom stereocenters. The SMILES string of the molecule is C[C@H]1C2=C([C@@H]3CC[C@@H]2C3)[C@H](C)n2c(=O)n(C)c(=O)n21. The molecule has 0 aromatic carbocycles. The fourth-order valence-electron chi connectivity index (χ4n) is 4.72.